The van der Waals surface area contributed by atoms with Crippen LogP contribution in [0.15, 0.2) is 27.4 Å². The molecule has 0 aliphatic carbocycles. The first kappa shape index (κ1) is 10.6. The van der Waals surface area contributed by atoms with Crippen LogP contribution in [0, 0.1) is 0 Å². The summed E-state index contributed by atoms with van der Waals surface area (Å²) in [5.41, 5.74) is 1.44. The number of hydrogen-bond acceptors (Lipinski definition) is 4. The second-order valence-electron chi connectivity index (χ2n) is 3.48. The number of carbonyl (C=O) groups is 1. The Morgan fingerprint density at radius 3 is 3.00 bits per heavy atom. The quantitative estimate of drug-likeness (QED) is 0.756. The number of Topliss-reactive ketones (excluding diaryl/α,β-unsaturated/α-hetero) is 1. The highest BCUT2D eigenvalue weighted by molar-refractivity contribution is 5.98. The van der Waals surface area contributed by atoms with Gasteiger partial charge in [-0.15, -0.1) is 0 Å². The Bertz CT molecular complexity index is 567. The van der Waals surface area contributed by atoms with Gasteiger partial charge in [0.05, 0.1) is 5.52 Å². The lowest BCUT2D eigenvalue weighted by atomic mass is 10.1. The molecule has 1 aromatic carbocycles. The van der Waals surface area contributed by atoms with E-state index in [0.29, 0.717) is 23.1 Å². The normalized spacial score (nSPS) is 10.8. The number of H-pyrrole nitrogens is 1. The molecule has 84 valence electrons. The van der Waals surface area contributed by atoms with Crippen LogP contribution < -0.4 is 5.76 Å². The summed E-state index contributed by atoms with van der Waals surface area (Å²) < 4.78 is 4.85. The fourth-order valence-corrected chi connectivity index (χ4v) is 1.50. The van der Waals surface area contributed by atoms with Gasteiger partial charge in [-0.25, -0.2) is 4.79 Å². The molecule has 2 aromatic rings. The highest BCUT2D eigenvalue weighted by Crippen LogP contribution is 2.14. The summed E-state index contributed by atoms with van der Waals surface area (Å²) in [6, 6.07) is 4.80. The van der Waals surface area contributed by atoms with Crippen LogP contribution in [0.1, 0.15) is 23.2 Å². The molecule has 0 atom stereocenters. The predicted molar refractivity (Wildman–Crippen MR) is 57.5 cm³/mol. The third kappa shape index (κ3) is 2.04. The van der Waals surface area contributed by atoms with Gasteiger partial charge in [-0.1, -0.05) is 0 Å². The Hall–Kier alpha value is -1.88. The van der Waals surface area contributed by atoms with Crippen molar-refractivity contribution in [2.24, 2.45) is 0 Å². The molecule has 0 spiro atoms. The van der Waals surface area contributed by atoms with Gasteiger partial charge in [0.1, 0.15) is 0 Å². The Morgan fingerprint density at radius 2 is 2.25 bits per heavy atom. The third-order valence-electron chi connectivity index (χ3n) is 2.30. The Kier molecular flexibility index (Phi) is 2.87. The zero-order valence-electron chi connectivity index (χ0n) is 8.53. The van der Waals surface area contributed by atoms with Crippen molar-refractivity contribution < 1.29 is 14.3 Å². The zero-order valence-corrected chi connectivity index (χ0v) is 8.53. The van der Waals surface area contributed by atoms with E-state index in [1.165, 1.54) is 6.07 Å². The number of nitrogens with one attached hydrogen (secondary N) is 1. The second-order valence-corrected chi connectivity index (χ2v) is 3.48. The number of aliphatic hydroxyl groups is 1. The SMILES string of the molecule is O=C(CCCO)c1ccc2[nH]c(=O)oc2c1. The van der Waals surface area contributed by atoms with Crippen LogP contribution in [0.25, 0.3) is 11.1 Å². The van der Waals surface area contributed by atoms with Crippen LogP contribution in [-0.2, 0) is 0 Å². The molecule has 2 N–H and O–H groups in total. The predicted octanol–water partition coefficient (Wildman–Crippen LogP) is 1.08. The van der Waals surface area contributed by atoms with E-state index in [1.807, 2.05) is 0 Å². The maximum atomic E-state index is 11.6. The van der Waals surface area contributed by atoms with Crippen LogP contribution >= 0.6 is 0 Å². The molecule has 0 bridgehead atoms. The van der Waals surface area contributed by atoms with Crippen molar-refractivity contribution in [3.05, 3.63) is 34.3 Å². The van der Waals surface area contributed by atoms with Gasteiger partial charge in [0.25, 0.3) is 0 Å². The summed E-state index contributed by atoms with van der Waals surface area (Å²) in [5.74, 6) is -0.602. The number of aromatic nitrogens is 1. The van der Waals surface area contributed by atoms with Crippen molar-refractivity contribution in [2.45, 2.75) is 12.8 Å². The molecule has 5 nitrogen and oxygen atoms in total. The van der Waals surface area contributed by atoms with Crippen LogP contribution in [0.3, 0.4) is 0 Å². The highest BCUT2D eigenvalue weighted by Gasteiger charge is 2.08. The largest absolute Gasteiger partial charge is 0.417 e. The van der Waals surface area contributed by atoms with Crippen LogP contribution in [0.2, 0.25) is 0 Å². The average Bonchev–Trinajstić information content (AvgIpc) is 2.64. The van der Waals surface area contributed by atoms with Gasteiger partial charge in [0, 0.05) is 18.6 Å². The lowest BCUT2D eigenvalue weighted by Crippen LogP contribution is -1.99. The molecule has 0 aliphatic rings. The molecule has 5 heteroatoms. The lowest BCUT2D eigenvalue weighted by molar-refractivity contribution is 0.0971. The van der Waals surface area contributed by atoms with Gasteiger partial charge in [-0.3, -0.25) is 9.78 Å². The third-order valence-corrected chi connectivity index (χ3v) is 2.30. The van der Waals surface area contributed by atoms with Gasteiger partial charge < -0.3 is 9.52 Å². The van der Waals surface area contributed by atoms with Gasteiger partial charge in [0.15, 0.2) is 11.4 Å². The van der Waals surface area contributed by atoms with Gasteiger partial charge in [-0.05, 0) is 24.6 Å². The molecule has 0 saturated heterocycles. The molecule has 0 aliphatic heterocycles. The van der Waals surface area contributed by atoms with Gasteiger partial charge in [0.2, 0.25) is 0 Å². The first-order valence-corrected chi connectivity index (χ1v) is 4.97. The molecular formula is C11H11NO4. The number of oxazole rings is 1. The summed E-state index contributed by atoms with van der Waals surface area (Å²) in [7, 11) is 0. The molecule has 0 saturated carbocycles. The van der Waals surface area contributed by atoms with Crippen molar-refractivity contribution >= 4 is 16.9 Å². The molecular weight excluding hydrogens is 210 g/mol. The highest BCUT2D eigenvalue weighted by atomic mass is 16.4. The summed E-state index contributed by atoms with van der Waals surface area (Å²) in [5, 5.41) is 8.62. The molecule has 2 rings (SSSR count). The van der Waals surface area contributed by atoms with Gasteiger partial charge >= 0.3 is 5.76 Å². The zero-order chi connectivity index (χ0) is 11.5. The monoisotopic (exact) mass is 221 g/mol. The Balaban J connectivity index is 2.31. The second kappa shape index (κ2) is 4.32. The van der Waals surface area contributed by atoms with E-state index in [1.54, 1.807) is 12.1 Å². The van der Waals surface area contributed by atoms with E-state index >= 15 is 0 Å². The number of aromatic amines is 1. The maximum absolute atomic E-state index is 11.6. The summed E-state index contributed by atoms with van der Waals surface area (Å²) in [4.78, 5) is 25.0. The number of carbonyl (C=O) groups excluding carboxylic acids is 1. The molecule has 1 aromatic heterocycles. The minimum atomic E-state index is -0.532. The van der Waals surface area contributed by atoms with E-state index in [0.717, 1.165) is 0 Å². The van der Waals surface area contributed by atoms with Crippen LogP contribution in [0.4, 0.5) is 0 Å². The standard InChI is InChI=1S/C11H11NO4/c13-5-1-2-9(14)7-3-4-8-10(6-7)16-11(15)12-8/h3-4,6,13H,1-2,5H2,(H,12,15). The van der Waals surface area contributed by atoms with Gasteiger partial charge in [-0.2, -0.15) is 0 Å². The molecule has 0 amide bonds. The van der Waals surface area contributed by atoms with E-state index in [-0.39, 0.29) is 18.8 Å². The van der Waals surface area contributed by atoms with Crippen molar-refractivity contribution in [2.75, 3.05) is 6.61 Å². The van der Waals surface area contributed by atoms with Crippen molar-refractivity contribution in [3.63, 3.8) is 0 Å². The first-order chi connectivity index (χ1) is 7.70. The van der Waals surface area contributed by atoms with Crippen molar-refractivity contribution in [1.29, 1.82) is 0 Å². The molecule has 16 heavy (non-hydrogen) atoms. The fourth-order valence-electron chi connectivity index (χ4n) is 1.50. The Morgan fingerprint density at radius 1 is 1.44 bits per heavy atom. The van der Waals surface area contributed by atoms with E-state index in [2.05, 4.69) is 4.98 Å². The first-order valence-electron chi connectivity index (χ1n) is 4.97. The minimum Gasteiger partial charge on any atom is -0.408 e. The number of rotatable bonds is 4. The van der Waals surface area contributed by atoms with Crippen LogP contribution in [-0.4, -0.2) is 22.5 Å². The minimum absolute atomic E-state index is 0.00672. The summed E-state index contributed by atoms with van der Waals surface area (Å²) in [6.07, 6.45) is 0.727. The molecule has 0 radical (unpaired) electrons. The summed E-state index contributed by atoms with van der Waals surface area (Å²) >= 11 is 0. The average molecular weight is 221 g/mol. The molecule has 0 unspecified atom stereocenters. The van der Waals surface area contributed by atoms with Crippen molar-refractivity contribution in [3.8, 4) is 0 Å². The molecule has 1 heterocycles. The maximum Gasteiger partial charge on any atom is 0.417 e. The van der Waals surface area contributed by atoms with Crippen LogP contribution in [0.5, 0.6) is 0 Å². The van der Waals surface area contributed by atoms with Crippen molar-refractivity contribution in [1.82, 2.24) is 4.98 Å². The smallest absolute Gasteiger partial charge is 0.408 e. The lowest BCUT2D eigenvalue weighted by Gasteiger charge is -1.98. The number of aliphatic hydroxyl groups excluding tert-OH is 1. The number of hydrogen-bond donors (Lipinski definition) is 2. The Labute approximate surface area is 90.7 Å². The summed E-state index contributed by atoms with van der Waals surface area (Å²) in [6.45, 7) is -0.00672. The number of fused-ring (bicyclic) bond motifs is 1. The van der Waals surface area contributed by atoms with E-state index in [4.69, 9.17) is 9.52 Å². The molecule has 0 fully saturated rings. The van der Waals surface area contributed by atoms with E-state index in [9.17, 15) is 9.59 Å². The number of ketones is 1. The fraction of sp³-hybridized carbons (Fsp3) is 0.273. The topological polar surface area (TPSA) is 83.3 Å². The number of benzene rings is 1. The van der Waals surface area contributed by atoms with E-state index < -0.39 is 5.76 Å².